The van der Waals surface area contributed by atoms with E-state index in [1.54, 1.807) is 6.07 Å². The molecule has 11 heteroatoms. The van der Waals surface area contributed by atoms with Crippen molar-refractivity contribution in [3.8, 4) is 12.1 Å². The number of carbonyl (C=O) groups excluding carboxylic acids is 1. The van der Waals surface area contributed by atoms with Gasteiger partial charge in [0.25, 0.3) is 11.5 Å². The van der Waals surface area contributed by atoms with Crippen molar-refractivity contribution in [3.63, 3.8) is 0 Å². The van der Waals surface area contributed by atoms with Crippen molar-refractivity contribution in [1.29, 1.82) is 10.5 Å². The van der Waals surface area contributed by atoms with Gasteiger partial charge in [0, 0.05) is 11.6 Å². The van der Waals surface area contributed by atoms with Gasteiger partial charge in [-0.1, -0.05) is 0 Å². The summed E-state index contributed by atoms with van der Waals surface area (Å²) >= 11 is 0. The lowest BCUT2D eigenvalue weighted by Gasteiger charge is -2.21. The highest BCUT2D eigenvalue weighted by Gasteiger charge is 2.46. The molecule has 0 saturated heterocycles. The predicted molar refractivity (Wildman–Crippen MR) is 103 cm³/mol. The van der Waals surface area contributed by atoms with Crippen molar-refractivity contribution < 1.29 is 22.4 Å². The average molecular weight is 443 g/mol. The first kappa shape index (κ1) is 22.4. The Morgan fingerprint density at radius 1 is 1.22 bits per heavy atom. The number of carbonyl (C=O) groups is 1. The van der Waals surface area contributed by atoms with Crippen LogP contribution in [-0.4, -0.2) is 15.9 Å². The van der Waals surface area contributed by atoms with Crippen LogP contribution in [0.4, 0.5) is 17.6 Å². The molecule has 2 aromatic heterocycles. The van der Waals surface area contributed by atoms with Gasteiger partial charge < -0.3 is 10.3 Å². The molecule has 0 unspecified atom stereocenters. The van der Waals surface area contributed by atoms with E-state index in [0.29, 0.717) is 0 Å². The number of hydrogen-bond donors (Lipinski definition) is 2. The summed E-state index contributed by atoms with van der Waals surface area (Å²) in [6.45, 7) is 2.40. The molecule has 7 nitrogen and oxygen atoms in total. The molecule has 0 bridgehead atoms. The van der Waals surface area contributed by atoms with Gasteiger partial charge in [-0.15, -0.1) is 0 Å². The number of benzene rings is 1. The Balaban J connectivity index is 2.08. The van der Waals surface area contributed by atoms with Gasteiger partial charge in [-0.2, -0.15) is 19.3 Å². The molecule has 162 valence electrons. The van der Waals surface area contributed by atoms with E-state index in [0.717, 1.165) is 24.4 Å². The summed E-state index contributed by atoms with van der Waals surface area (Å²) in [5, 5.41) is 19.8. The molecular formula is C21H13F4N5O2. The van der Waals surface area contributed by atoms with E-state index in [2.05, 4.69) is 9.97 Å². The first-order chi connectivity index (χ1) is 15.0. The molecule has 0 saturated carbocycles. The van der Waals surface area contributed by atoms with Crippen molar-refractivity contribution in [2.75, 3.05) is 0 Å². The molecule has 1 amide bonds. The van der Waals surface area contributed by atoms with Crippen molar-refractivity contribution in [2.24, 2.45) is 0 Å². The summed E-state index contributed by atoms with van der Waals surface area (Å²) in [5.74, 6) is -8.32. The van der Waals surface area contributed by atoms with Crippen molar-refractivity contribution in [2.45, 2.75) is 25.8 Å². The Bertz CT molecular complexity index is 1400. The fourth-order valence-corrected chi connectivity index (χ4v) is 3.24. The van der Waals surface area contributed by atoms with Gasteiger partial charge in [0.1, 0.15) is 29.3 Å². The second-order valence-electron chi connectivity index (χ2n) is 6.88. The van der Waals surface area contributed by atoms with Crippen molar-refractivity contribution >= 4 is 16.8 Å². The molecule has 32 heavy (non-hydrogen) atoms. The van der Waals surface area contributed by atoms with Gasteiger partial charge in [0.15, 0.2) is 0 Å². The van der Waals surface area contributed by atoms with E-state index in [9.17, 15) is 23.6 Å². The second-order valence-corrected chi connectivity index (χ2v) is 6.88. The third-order valence-electron chi connectivity index (χ3n) is 4.84. The summed E-state index contributed by atoms with van der Waals surface area (Å²) in [7, 11) is 0. The fraction of sp³-hybridized carbons (Fsp3) is 0.190. The number of amides is 1. The zero-order valence-corrected chi connectivity index (χ0v) is 16.6. The number of nitriles is 2. The van der Waals surface area contributed by atoms with Gasteiger partial charge in [0.2, 0.25) is 0 Å². The van der Waals surface area contributed by atoms with Crippen molar-refractivity contribution in [1.82, 2.24) is 15.3 Å². The minimum atomic E-state index is -4.52. The SMILES string of the molecule is Cc1c(F)ccc2[nH]c(=O)c(C(F)(F)C(=O)N[C@H](C)c3ncc(C#N)cc3F)c(C#N)c12. The summed E-state index contributed by atoms with van der Waals surface area (Å²) in [5.41, 5.74) is -4.46. The van der Waals surface area contributed by atoms with Crippen LogP contribution in [0.2, 0.25) is 0 Å². The molecular weight excluding hydrogens is 430 g/mol. The number of halogens is 4. The number of alkyl halides is 2. The maximum atomic E-state index is 15.1. The number of aryl methyl sites for hydroxylation is 1. The zero-order valence-electron chi connectivity index (χ0n) is 16.6. The van der Waals surface area contributed by atoms with Crippen LogP contribution in [0.25, 0.3) is 10.9 Å². The molecule has 2 N–H and O–H groups in total. The molecule has 0 aliphatic rings. The molecule has 0 aliphatic heterocycles. The summed E-state index contributed by atoms with van der Waals surface area (Å²) in [6.07, 6.45) is 0.998. The molecule has 0 spiro atoms. The van der Waals surface area contributed by atoms with Crippen molar-refractivity contribution in [3.05, 3.63) is 74.3 Å². The van der Waals surface area contributed by atoms with Gasteiger partial charge >= 0.3 is 5.92 Å². The predicted octanol–water partition coefficient (Wildman–Crippen LogP) is 3.22. The first-order valence-corrected chi connectivity index (χ1v) is 9.02. The van der Waals surface area contributed by atoms with E-state index in [1.807, 2.05) is 5.32 Å². The van der Waals surface area contributed by atoms with E-state index < -0.39 is 51.9 Å². The molecule has 0 fully saturated rings. The first-order valence-electron chi connectivity index (χ1n) is 9.02. The zero-order chi connectivity index (χ0) is 23.8. The Hall–Kier alpha value is -4.25. The third-order valence-corrected chi connectivity index (χ3v) is 4.84. The largest absolute Gasteiger partial charge is 0.356 e. The van der Waals surface area contributed by atoms with Gasteiger partial charge in [-0.3, -0.25) is 14.6 Å². The number of hydrogen-bond acceptors (Lipinski definition) is 5. The summed E-state index contributed by atoms with van der Waals surface area (Å²) in [4.78, 5) is 30.6. The topological polar surface area (TPSA) is 122 Å². The van der Waals surface area contributed by atoms with Crippen LogP contribution in [0.5, 0.6) is 0 Å². The number of rotatable bonds is 4. The number of H-pyrrole nitrogens is 1. The lowest BCUT2D eigenvalue weighted by molar-refractivity contribution is -0.148. The Morgan fingerprint density at radius 2 is 1.91 bits per heavy atom. The Morgan fingerprint density at radius 3 is 2.50 bits per heavy atom. The highest BCUT2D eigenvalue weighted by molar-refractivity contribution is 5.92. The number of fused-ring (bicyclic) bond motifs is 1. The second kappa shape index (κ2) is 8.12. The Labute approximate surface area is 177 Å². The lowest BCUT2D eigenvalue weighted by atomic mass is 9.96. The van der Waals surface area contributed by atoms with E-state index in [1.165, 1.54) is 19.9 Å². The molecule has 1 aromatic carbocycles. The Kier molecular flexibility index (Phi) is 5.69. The van der Waals surface area contributed by atoms with Gasteiger partial charge in [-0.25, -0.2) is 8.78 Å². The minimum absolute atomic E-state index is 0.0531. The molecule has 0 radical (unpaired) electrons. The van der Waals surface area contributed by atoms with Crippen LogP contribution in [0, 0.1) is 41.2 Å². The third kappa shape index (κ3) is 3.65. The molecule has 0 aliphatic carbocycles. The van der Waals surface area contributed by atoms with E-state index in [-0.39, 0.29) is 22.0 Å². The number of pyridine rings is 2. The number of aromatic nitrogens is 2. The van der Waals surface area contributed by atoms with Crippen LogP contribution in [-0.2, 0) is 10.7 Å². The van der Waals surface area contributed by atoms with Crippen LogP contribution in [0.1, 0.15) is 40.9 Å². The van der Waals surface area contributed by atoms with Gasteiger partial charge in [0.05, 0.1) is 28.4 Å². The highest BCUT2D eigenvalue weighted by atomic mass is 19.3. The smallest absolute Gasteiger partial charge is 0.342 e. The number of nitrogens with zero attached hydrogens (tertiary/aromatic N) is 3. The maximum Gasteiger partial charge on any atom is 0.356 e. The van der Waals surface area contributed by atoms with Crippen LogP contribution in [0.15, 0.2) is 29.2 Å². The molecule has 3 aromatic rings. The molecule has 1 atom stereocenters. The number of nitrogens with one attached hydrogen (secondary N) is 2. The summed E-state index contributed by atoms with van der Waals surface area (Å²) < 4.78 is 58.2. The quantitative estimate of drug-likeness (QED) is 0.600. The number of aromatic amines is 1. The highest BCUT2D eigenvalue weighted by Crippen LogP contribution is 2.33. The monoisotopic (exact) mass is 443 g/mol. The summed E-state index contributed by atoms with van der Waals surface area (Å²) in [6, 6.07) is 4.69. The van der Waals surface area contributed by atoms with E-state index in [4.69, 9.17) is 5.26 Å². The normalized spacial score (nSPS) is 12.1. The van der Waals surface area contributed by atoms with Gasteiger partial charge in [-0.05, 0) is 37.6 Å². The van der Waals surface area contributed by atoms with Crippen LogP contribution in [0.3, 0.4) is 0 Å². The average Bonchev–Trinajstić information content (AvgIpc) is 2.74. The molecule has 2 heterocycles. The maximum absolute atomic E-state index is 15.1. The minimum Gasteiger partial charge on any atom is -0.342 e. The van der Waals surface area contributed by atoms with Crippen LogP contribution < -0.4 is 10.9 Å². The lowest BCUT2D eigenvalue weighted by Crippen LogP contribution is -2.43. The fourth-order valence-electron chi connectivity index (χ4n) is 3.24. The standard InChI is InChI=1S/C21H13F4N5O2/c1-9-13(22)3-4-15-16(9)12(7-27)17(19(31)30-15)21(24,25)20(32)29-10(2)18-14(23)5-11(6-26)8-28-18/h3-5,8,10H,1-2H3,(H,29,32)(H,30,31)/t10-/m1/s1. The van der Waals surface area contributed by atoms with Crippen LogP contribution >= 0.6 is 0 Å². The molecule has 3 rings (SSSR count). The van der Waals surface area contributed by atoms with E-state index >= 15 is 8.78 Å².